The van der Waals surface area contributed by atoms with Crippen molar-refractivity contribution in [3.05, 3.63) is 29.0 Å². The third kappa shape index (κ3) is 3.91. The highest BCUT2D eigenvalue weighted by Crippen LogP contribution is 2.19. The van der Waals surface area contributed by atoms with E-state index in [4.69, 9.17) is 17.3 Å². The van der Waals surface area contributed by atoms with E-state index in [2.05, 4.69) is 17.1 Å². The number of piperidine rings is 1. The van der Waals surface area contributed by atoms with Crippen LogP contribution in [0.15, 0.2) is 18.2 Å². The molecule has 0 saturated carbocycles. The average Bonchev–Trinajstić information content (AvgIpc) is 2.36. The minimum atomic E-state index is -0.528. The summed E-state index contributed by atoms with van der Waals surface area (Å²) in [4.78, 5) is 14.0. The van der Waals surface area contributed by atoms with Gasteiger partial charge in [0.2, 0.25) is 5.91 Å². The predicted octanol–water partition coefficient (Wildman–Crippen LogP) is 2.23. The molecule has 1 aromatic carbocycles. The number of nitrogens with two attached hydrogens (primary N) is 1. The number of halogens is 2. The Bertz CT molecular complexity index is 497. The number of rotatable bonds is 3. The normalized spacial score (nSPS) is 23.6. The Kier molecular flexibility index (Phi) is 4.96. The molecule has 0 bridgehead atoms. The molecule has 4 nitrogen and oxygen atoms in total. The number of amides is 1. The van der Waals surface area contributed by atoms with Gasteiger partial charge in [0.1, 0.15) is 5.82 Å². The summed E-state index contributed by atoms with van der Waals surface area (Å²) in [6, 6.07) is 4.66. The second-order valence-electron chi connectivity index (χ2n) is 5.28. The van der Waals surface area contributed by atoms with Gasteiger partial charge in [0.25, 0.3) is 0 Å². The molecule has 2 unspecified atom stereocenters. The van der Waals surface area contributed by atoms with Crippen molar-refractivity contribution in [1.82, 2.24) is 4.90 Å². The van der Waals surface area contributed by atoms with Crippen LogP contribution >= 0.6 is 11.6 Å². The Balaban J connectivity index is 1.92. The third-order valence-electron chi connectivity index (χ3n) is 3.61. The number of carbonyl (C=O) groups is 1. The summed E-state index contributed by atoms with van der Waals surface area (Å²) in [5.74, 6) is -0.756. The van der Waals surface area contributed by atoms with Gasteiger partial charge < -0.3 is 11.1 Å². The zero-order valence-electron chi connectivity index (χ0n) is 11.4. The molecule has 1 saturated heterocycles. The standard InChI is InChI=1S/C14H19ClFN3O/c1-9-6-11(17)4-5-19(9)8-14(20)18-13-3-2-10(15)7-12(13)16/h2-3,7,9,11H,4-6,8,17H2,1H3,(H,18,20). The highest BCUT2D eigenvalue weighted by molar-refractivity contribution is 6.30. The maximum atomic E-state index is 13.6. The zero-order valence-corrected chi connectivity index (χ0v) is 12.2. The minimum Gasteiger partial charge on any atom is -0.328 e. The van der Waals surface area contributed by atoms with Gasteiger partial charge in [-0.15, -0.1) is 0 Å². The Labute approximate surface area is 123 Å². The Morgan fingerprint density at radius 3 is 3.00 bits per heavy atom. The van der Waals surface area contributed by atoms with Crippen molar-refractivity contribution < 1.29 is 9.18 Å². The summed E-state index contributed by atoms with van der Waals surface area (Å²) in [6.07, 6.45) is 1.76. The average molecular weight is 300 g/mol. The van der Waals surface area contributed by atoms with Crippen LogP contribution in [-0.4, -0.2) is 36.0 Å². The molecule has 0 spiro atoms. The van der Waals surface area contributed by atoms with E-state index in [0.717, 1.165) is 19.4 Å². The number of hydrogen-bond acceptors (Lipinski definition) is 3. The molecule has 1 amide bonds. The molecule has 6 heteroatoms. The van der Waals surface area contributed by atoms with Crippen LogP contribution in [0.25, 0.3) is 0 Å². The fourth-order valence-corrected chi connectivity index (χ4v) is 2.62. The molecule has 1 fully saturated rings. The molecule has 0 aromatic heterocycles. The van der Waals surface area contributed by atoms with Gasteiger partial charge in [-0.1, -0.05) is 11.6 Å². The zero-order chi connectivity index (χ0) is 14.7. The first-order chi connectivity index (χ1) is 9.45. The summed E-state index contributed by atoms with van der Waals surface area (Å²) in [5.41, 5.74) is 6.04. The first kappa shape index (κ1) is 15.2. The smallest absolute Gasteiger partial charge is 0.238 e. The fraction of sp³-hybridized carbons (Fsp3) is 0.500. The number of likely N-dealkylation sites (tertiary alicyclic amines) is 1. The number of anilines is 1. The van der Waals surface area contributed by atoms with Gasteiger partial charge in [-0.2, -0.15) is 0 Å². The number of nitrogens with one attached hydrogen (secondary N) is 1. The lowest BCUT2D eigenvalue weighted by molar-refractivity contribution is -0.118. The van der Waals surface area contributed by atoms with E-state index in [1.807, 2.05) is 0 Å². The van der Waals surface area contributed by atoms with Crippen molar-refractivity contribution >= 4 is 23.2 Å². The Morgan fingerprint density at radius 2 is 2.35 bits per heavy atom. The molecule has 0 aliphatic carbocycles. The summed E-state index contributed by atoms with van der Waals surface area (Å²) in [5, 5.41) is 2.88. The van der Waals surface area contributed by atoms with Crippen molar-refractivity contribution in [2.24, 2.45) is 5.73 Å². The molecule has 3 N–H and O–H groups in total. The fourth-order valence-electron chi connectivity index (χ4n) is 2.46. The maximum Gasteiger partial charge on any atom is 0.238 e. The topological polar surface area (TPSA) is 58.4 Å². The van der Waals surface area contributed by atoms with Crippen molar-refractivity contribution in [2.75, 3.05) is 18.4 Å². The van der Waals surface area contributed by atoms with E-state index < -0.39 is 5.82 Å². The molecule has 2 rings (SSSR count). The van der Waals surface area contributed by atoms with E-state index in [-0.39, 0.29) is 30.2 Å². The lowest BCUT2D eigenvalue weighted by atomic mass is 9.99. The molecule has 0 radical (unpaired) electrons. The van der Waals surface area contributed by atoms with Crippen LogP contribution in [0.3, 0.4) is 0 Å². The van der Waals surface area contributed by atoms with Gasteiger partial charge in [0.05, 0.1) is 12.2 Å². The molecule has 1 heterocycles. The van der Waals surface area contributed by atoms with Crippen LogP contribution in [0.1, 0.15) is 19.8 Å². The third-order valence-corrected chi connectivity index (χ3v) is 3.84. The molecular weight excluding hydrogens is 281 g/mol. The van der Waals surface area contributed by atoms with Crippen LogP contribution in [0.5, 0.6) is 0 Å². The van der Waals surface area contributed by atoms with Gasteiger partial charge in [0.15, 0.2) is 0 Å². The molecule has 20 heavy (non-hydrogen) atoms. The summed E-state index contributed by atoms with van der Waals surface area (Å²) in [7, 11) is 0. The lowest BCUT2D eigenvalue weighted by Gasteiger charge is -2.35. The highest BCUT2D eigenvalue weighted by Gasteiger charge is 2.24. The van der Waals surface area contributed by atoms with E-state index in [0.29, 0.717) is 5.02 Å². The number of carbonyl (C=O) groups excluding carboxylic acids is 1. The van der Waals surface area contributed by atoms with Crippen molar-refractivity contribution in [3.63, 3.8) is 0 Å². The SMILES string of the molecule is CC1CC(N)CCN1CC(=O)Nc1ccc(Cl)cc1F. The number of benzene rings is 1. The predicted molar refractivity (Wildman–Crippen MR) is 78.3 cm³/mol. The second-order valence-corrected chi connectivity index (χ2v) is 5.71. The summed E-state index contributed by atoms with van der Waals surface area (Å²) < 4.78 is 13.6. The first-order valence-electron chi connectivity index (χ1n) is 6.70. The van der Waals surface area contributed by atoms with Crippen LogP contribution in [0, 0.1) is 5.82 Å². The van der Waals surface area contributed by atoms with Gasteiger partial charge in [-0.05, 0) is 38.0 Å². The molecular formula is C14H19ClFN3O. The molecule has 1 aliphatic heterocycles. The van der Waals surface area contributed by atoms with Gasteiger partial charge in [-0.25, -0.2) is 4.39 Å². The van der Waals surface area contributed by atoms with E-state index in [9.17, 15) is 9.18 Å². The molecule has 110 valence electrons. The largest absolute Gasteiger partial charge is 0.328 e. The quantitative estimate of drug-likeness (QED) is 0.900. The van der Waals surface area contributed by atoms with Crippen LogP contribution in [0.2, 0.25) is 5.02 Å². The van der Waals surface area contributed by atoms with Crippen LogP contribution in [-0.2, 0) is 4.79 Å². The van der Waals surface area contributed by atoms with Gasteiger partial charge in [0, 0.05) is 23.7 Å². The Hall–Kier alpha value is -1.17. The number of hydrogen-bond donors (Lipinski definition) is 2. The van der Waals surface area contributed by atoms with Crippen LogP contribution < -0.4 is 11.1 Å². The summed E-state index contributed by atoms with van der Waals surface area (Å²) >= 11 is 5.67. The van der Waals surface area contributed by atoms with Crippen molar-refractivity contribution in [3.8, 4) is 0 Å². The Morgan fingerprint density at radius 1 is 1.60 bits per heavy atom. The van der Waals surface area contributed by atoms with E-state index in [1.54, 1.807) is 6.07 Å². The number of nitrogens with zero attached hydrogens (tertiary/aromatic N) is 1. The highest BCUT2D eigenvalue weighted by atomic mass is 35.5. The second kappa shape index (κ2) is 6.52. The van der Waals surface area contributed by atoms with E-state index >= 15 is 0 Å². The monoisotopic (exact) mass is 299 g/mol. The van der Waals surface area contributed by atoms with Crippen molar-refractivity contribution in [2.45, 2.75) is 31.8 Å². The van der Waals surface area contributed by atoms with Gasteiger partial charge in [-0.3, -0.25) is 9.69 Å². The van der Waals surface area contributed by atoms with E-state index in [1.165, 1.54) is 12.1 Å². The summed E-state index contributed by atoms with van der Waals surface area (Å²) in [6.45, 7) is 3.09. The first-order valence-corrected chi connectivity index (χ1v) is 7.08. The molecule has 1 aliphatic rings. The van der Waals surface area contributed by atoms with Crippen LogP contribution in [0.4, 0.5) is 10.1 Å². The lowest BCUT2D eigenvalue weighted by Crippen LogP contribution is -2.48. The molecule has 1 aromatic rings. The van der Waals surface area contributed by atoms with Crippen molar-refractivity contribution in [1.29, 1.82) is 0 Å². The molecule has 2 atom stereocenters. The van der Waals surface area contributed by atoms with Gasteiger partial charge >= 0.3 is 0 Å². The maximum absolute atomic E-state index is 13.6. The minimum absolute atomic E-state index is 0.153.